The van der Waals surface area contributed by atoms with Gasteiger partial charge in [0.1, 0.15) is 12.3 Å². The van der Waals surface area contributed by atoms with E-state index in [1.54, 1.807) is 6.92 Å². The Hall–Kier alpha value is -1.40. The van der Waals surface area contributed by atoms with Gasteiger partial charge in [0.05, 0.1) is 6.61 Å². The SMILES string of the molecule is CCCC1CCC2CC(c3ccc(OCC)c(F)c3F)C(F)C2(F)C(F)C1F. The minimum atomic E-state index is -3.03. The second kappa shape index (κ2) is 8.15. The van der Waals surface area contributed by atoms with Crippen LogP contribution < -0.4 is 4.74 Å². The van der Waals surface area contributed by atoms with Gasteiger partial charge < -0.3 is 4.74 Å². The van der Waals surface area contributed by atoms with Crippen LogP contribution in [0.5, 0.6) is 5.75 Å². The molecule has 0 spiro atoms. The third-order valence-electron chi connectivity index (χ3n) is 6.41. The van der Waals surface area contributed by atoms with E-state index in [1.807, 2.05) is 6.92 Å². The minimum Gasteiger partial charge on any atom is -0.491 e. The maximum atomic E-state index is 15.6. The van der Waals surface area contributed by atoms with Gasteiger partial charge >= 0.3 is 0 Å². The molecule has 7 heteroatoms. The number of hydrogen-bond donors (Lipinski definition) is 0. The van der Waals surface area contributed by atoms with Gasteiger partial charge in [-0.15, -0.1) is 0 Å². The van der Waals surface area contributed by atoms with Gasteiger partial charge in [-0.05, 0) is 56.1 Å². The molecule has 1 aromatic carbocycles. The van der Waals surface area contributed by atoms with E-state index < -0.39 is 53.6 Å². The van der Waals surface area contributed by atoms with Gasteiger partial charge in [-0.3, -0.25) is 0 Å². The number of rotatable bonds is 5. The molecule has 2 fully saturated rings. The highest BCUT2D eigenvalue weighted by molar-refractivity contribution is 5.36. The second-order valence-electron chi connectivity index (χ2n) is 7.95. The standard InChI is InChI=1S/C21H26F6O/c1-3-5-11-6-7-12-10-14(19(25)21(12,27)20(26)16(11)22)13-8-9-15(28-4-2)18(24)17(13)23/h8-9,11-12,14,16,19-20H,3-7,10H2,1-2H3. The Kier molecular flexibility index (Phi) is 6.20. The van der Waals surface area contributed by atoms with E-state index in [-0.39, 0.29) is 37.2 Å². The fraction of sp³-hybridized carbons (Fsp3) is 0.714. The molecule has 0 bridgehead atoms. The molecule has 3 rings (SSSR count). The molecular weight excluding hydrogens is 382 g/mol. The summed E-state index contributed by atoms with van der Waals surface area (Å²) in [6, 6.07) is 2.31. The highest BCUT2D eigenvalue weighted by atomic mass is 19.2. The molecular formula is C21H26F6O. The summed E-state index contributed by atoms with van der Waals surface area (Å²) in [6.45, 7) is 3.54. The first-order valence-corrected chi connectivity index (χ1v) is 9.99. The zero-order chi connectivity index (χ0) is 20.6. The maximum Gasteiger partial charge on any atom is 0.200 e. The summed E-state index contributed by atoms with van der Waals surface area (Å²) in [4.78, 5) is 0. The van der Waals surface area contributed by atoms with E-state index in [0.29, 0.717) is 12.8 Å². The van der Waals surface area contributed by atoms with Crippen LogP contribution in [0.15, 0.2) is 12.1 Å². The largest absolute Gasteiger partial charge is 0.491 e. The number of alkyl halides is 4. The molecule has 7 unspecified atom stereocenters. The molecule has 28 heavy (non-hydrogen) atoms. The predicted molar refractivity (Wildman–Crippen MR) is 94.5 cm³/mol. The molecule has 0 aliphatic heterocycles. The summed E-state index contributed by atoms with van der Waals surface area (Å²) in [5.41, 5.74) is -3.39. The lowest BCUT2D eigenvalue weighted by atomic mass is 9.84. The summed E-state index contributed by atoms with van der Waals surface area (Å²) in [5.74, 6) is -6.02. The fourth-order valence-electron chi connectivity index (χ4n) is 4.97. The van der Waals surface area contributed by atoms with E-state index in [2.05, 4.69) is 0 Å². The molecule has 0 radical (unpaired) electrons. The van der Waals surface area contributed by atoms with Crippen molar-refractivity contribution >= 4 is 0 Å². The number of ether oxygens (including phenoxy) is 1. The van der Waals surface area contributed by atoms with E-state index in [4.69, 9.17) is 4.74 Å². The van der Waals surface area contributed by atoms with Crippen LogP contribution in [0.2, 0.25) is 0 Å². The number of hydrogen-bond acceptors (Lipinski definition) is 1. The minimum absolute atomic E-state index is 0.112. The van der Waals surface area contributed by atoms with Gasteiger partial charge in [-0.1, -0.05) is 19.4 Å². The Morgan fingerprint density at radius 1 is 1.04 bits per heavy atom. The molecule has 0 N–H and O–H groups in total. The first kappa shape index (κ1) is 21.3. The second-order valence-corrected chi connectivity index (χ2v) is 7.95. The molecule has 1 aromatic rings. The first-order valence-electron chi connectivity index (χ1n) is 9.99. The fourth-order valence-corrected chi connectivity index (χ4v) is 4.97. The molecule has 0 heterocycles. The van der Waals surface area contributed by atoms with Gasteiger partial charge in [0.25, 0.3) is 0 Å². The zero-order valence-corrected chi connectivity index (χ0v) is 16.0. The van der Waals surface area contributed by atoms with Crippen molar-refractivity contribution in [3.8, 4) is 5.75 Å². The smallest absolute Gasteiger partial charge is 0.200 e. The van der Waals surface area contributed by atoms with Crippen LogP contribution in [0.4, 0.5) is 26.3 Å². The topological polar surface area (TPSA) is 9.23 Å². The van der Waals surface area contributed by atoms with Crippen LogP contribution >= 0.6 is 0 Å². The van der Waals surface area contributed by atoms with Crippen molar-refractivity contribution in [2.24, 2.45) is 11.8 Å². The van der Waals surface area contributed by atoms with E-state index in [1.165, 1.54) is 0 Å². The number of fused-ring (bicyclic) bond motifs is 1. The van der Waals surface area contributed by atoms with Crippen LogP contribution in [0.3, 0.4) is 0 Å². The Bertz CT molecular complexity index is 698. The van der Waals surface area contributed by atoms with Crippen LogP contribution in [0, 0.1) is 23.5 Å². The molecule has 7 atom stereocenters. The average molecular weight is 408 g/mol. The van der Waals surface area contributed by atoms with Crippen molar-refractivity contribution in [3.05, 3.63) is 29.3 Å². The van der Waals surface area contributed by atoms with Gasteiger partial charge in [0, 0.05) is 5.92 Å². The van der Waals surface area contributed by atoms with Crippen molar-refractivity contribution in [1.29, 1.82) is 0 Å². The van der Waals surface area contributed by atoms with E-state index >= 15 is 8.78 Å². The molecule has 158 valence electrons. The lowest BCUT2D eigenvalue weighted by Crippen LogP contribution is -2.50. The highest BCUT2D eigenvalue weighted by Gasteiger charge is 2.65. The number of halogens is 6. The summed E-state index contributed by atoms with van der Waals surface area (Å²) in [7, 11) is 0. The van der Waals surface area contributed by atoms with Gasteiger partial charge in [-0.25, -0.2) is 22.0 Å². The van der Waals surface area contributed by atoms with Crippen LogP contribution in [-0.2, 0) is 0 Å². The normalized spacial score (nSPS) is 38.1. The third kappa shape index (κ3) is 3.28. The Morgan fingerprint density at radius 2 is 1.75 bits per heavy atom. The van der Waals surface area contributed by atoms with E-state index in [0.717, 1.165) is 12.1 Å². The van der Waals surface area contributed by atoms with Crippen LogP contribution in [0.1, 0.15) is 57.4 Å². The zero-order valence-electron chi connectivity index (χ0n) is 16.0. The van der Waals surface area contributed by atoms with Crippen molar-refractivity contribution in [2.75, 3.05) is 6.61 Å². The molecule has 2 aliphatic rings. The third-order valence-corrected chi connectivity index (χ3v) is 6.41. The molecule has 0 amide bonds. The Balaban J connectivity index is 1.92. The van der Waals surface area contributed by atoms with Gasteiger partial charge in [0.15, 0.2) is 23.4 Å². The van der Waals surface area contributed by atoms with Crippen molar-refractivity contribution in [2.45, 2.75) is 76.1 Å². The molecule has 0 saturated heterocycles. The van der Waals surface area contributed by atoms with Crippen molar-refractivity contribution < 1.29 is 31.1 Å². The quantitative estimate of drug-likeness (QED) is 0.512. The van der Waals surface area contributed by atoms with E-state index in [9.17, 15) is 17.6 Å². The monoisotopic (exact) mass is 408 g/mol. The molecule has 0 aromatic heterocycles. The number of benzene rings is 1. The summed E-state index contributed by atoms with van der Waals surface area (Å²) in [6.07, 6.45) is -5.94. The summed E-state index contributed by atoms with van der Waals surface area (Å²) >= 11 is 0. The molecule has 1 nitrogen and oxygen atoms in total. The Morgan fingerprint density at radius 3 is 2.39 bits per heavy atom. The molecule has 2 saturated carbocycles. The lowest BCUT2D eigenvalue weighted by Gasteiger charge is -2.33. The van der Waals surface area contributed by atoms with Crippen LogP contribution in [0.25, 0.3) is 0 Å². The van der Waals surface area contributed by atoms with Crippen molar-refractivity contribution in [3.63, 3.8) is 0 Å². The van der Waals surface area contributed by atoms with Crippen LogP contribution in [-0.4, -0.2) is 30.8 Å². The van der Waals surface area contributed by atoms with Gasteiger partial charge in [0.2, 0.25) is 5.82 Å². The summed E-state index contributed by atoms with van der Waals surface area (Å²) in [5, 5.41) is 0. The average Bonchev–Trinajstić information content (AvgIpc) is 2.89. The summed E-state index contributed by atoms with van der Waals surface area (Å²) < 4.78 is 93.9. The first-order chi connectivity index (χ1) is 13.3. The molecule has 2 aliphatic carbocycles. The predicted octanol–water partition coefficient (Wildman–Crippen LogP) is 6.40. The van der Waals surface area contributed by atoms with Crippen molar-refractivity contribution in [1.82, 2.24) is 0 Å². The Labute approximate surface area is 161 Å². The highest BCUT2D eigenvalue weighted by Crippen LogP contribution is 2.57. The lowest BCUT2D eigenvalue weighted by molar-refractivity contribution is -0.0673. The van der Waals surface area contributed by atoms with Gasteiger partial charge in [-0.2, -0.15) is 4.39 Å². The maximum absolute atomic E-state index is 15.6.